The lowest BCUT2D eigenvalue weighted by molar-refractivity contribution is -0.120. The molecule has 1 rings (SSSR count). The molecular formula is C14H27NO3Si. The van der Waals surface area contributed by atoms with Crippen molar-refractivity contribution in [1.82, 2.24) is 5.32 Å². The summed E-state index contributed by atoms with van der Waals surface area (Å²) in [5, 5.41) is 12.5. The molecule has 4 nitrogen and oxygen atoms in total. The van der Waals surface area contributed by atoms with Gasteiger partial charge in [0.15, 0.2) is 8.32 Å². The van der Waals surface area contributed by atoms with Crippen LogP contribution in [0.4, 0.5) is 0 Å². The second-order valence-electron chi connectivity index (χ2n) is 6.80. The Morgan fingerprint density at radius 1 is 1.37 bits per heavy atom. The van der Waals surface area contributed by atoms with Gasteiger partial charge in [0.2, 0.25) is 5.91 Å². The van der Waals surface area contributed by atoms with Crippen LogP contribution in [-0.4, -0.2) is 38.1 Å². The normalized spacial score (nSPS) is 27.6. The molecule has 0 saturated heterocycles. The number of amides is 1. The number of aliphatic hydroxyl groups is 1. The lowest BCUT2D eigenvalue weighted by Crippen LogP contribution is -2.51. The maximum atomic E-state index is 11.3. The van der Waals surface area contributed by atoms with E-state index < -0.39 is 8.32 Å². The van der Waals surface area contributed by atoms with Gasteiger partial charge in [-0.2, -0.15) is 0 Å². The zero-order valence-corrected chi connectivity index (χ0v) is 13.9. The first-order chi connectivity index (χ1) is 8.58. The van der Waals surface area contributed by atoms with Crippen molar-refractivity contribution >= 4 is 14.2 Å². The van der Waals surface area contributed by atoms with Crippen LogP contribution in [0.2, 0.25) is 18.1 Å². The van der Waals surface area contributed by atoms with Crippen LogP contribution in [0, 0.1) is 5.92 Å². The number of carbonyl (C=O) groups is 1. The summed E-state index contributed by atoms with van der Waals surface area (Å²) in [6.07, 6.45) is 3.72. The molecule has 0 aliphatic heterocycles. The van der Waals surface area contributed by atoms with E-state index in [1.54, 1.807) is 0 Å². The number of nitrogens with one attached hydrogen (secondary N) is 1. The van der Waals surface area contributed by atoms with E-state index in [1.807, 2.05) is 12.2 Å². The summed E-state index contributed by atoms with van der Waals surface area (Å²) in [5.41, 5.74) is 0. The first-order valence-electron chi connectivity index (χ1n) is 6.82. The quantitative estimate of drug-likeness (QED) is 0.614. The van der Waals surface area contributed by atoms with Crippen molar-refractivity contribution in [2.24, 2.45) is 5.92 Å². The average Bonchev–Trinajstić information content (AvgIpc) is 2.58. The zero-order valence-electron chi connectivity index (χ0n) is 12.9. The van der Waals surface area contributed by atoms with Gasteiger partial charge >= 0.3 is 0 Å². The van der Waals surface area contributed by atoms with E-state index in [0.29, 0.717) is 0 Å². The summed E-state index contributed by atoms with van der Waals surface area (Å²) in [6.45, 7) is 12.5. The van der Waals surface area contributed by atoms with Gasteiger partial charge in [-0.3, -0.25) is 4.79 Å². The third-order valence-corrected chi connectivity index (χ3v) is 8.63. The predicted molar refractivity (Wildman–Crippen MR) is 79.4 cm³/mol. The molecule has 19 heavy (non-hydrogen) atoms. The molecule has 1 aliphatic rings. The van der Waals surface area contributed by atoms with E-state index in [0.717, 1.165) is 0 Å². The molecule has 0 fully saturated rings. The first kappa shape index (κ1) is 16.4. The standard InChI is InChI=1S/C14H27NO3Si/c1-10(17)15-12-8-7-11(9-16)13(12)18-19(5,6)14(2,3)4/h7-8,11-13,16H,9H2,1-6H3,(H,15,17)/t11-,12+,13-/m0/s1. The topological polar surface area (TPSA) is 58.6 Å². The van der Waals surface area contributed by atoms with Gasteiger partial charge in [-0.1, -0.05) is 32.9 Å². The van der Waals surface area contributed by atoms with Crippen molar-refractivity contribution in [3.05, 3.63) is 12.2 Å². The first-order valence-corrected chi connectivity index (χ1v) is 9.73. The fourth-order valence-corrected chi connectivity index (χ4v) is 3.31. The molecule has 2 N–H and O–H groups in total. The average molecular weight is 285 g/mol. The van der Waals surface area contributed by atoms with Gasteiger partial charge in [-0.25, -0.2) is 0 Å². The number of carbonyl (C=O) groups excluding carboxylic acids is 1. The Morgan fingerprint density at radius 2 is 1.95 bits per heavy atom. The molecule has 0 unspecified atom stereocenters. The summed E-state index contributed by atoms with van der Waals surface area (Å²) in [7, 11) is -1.92. The molecule has 110 valence electrons. The molecule has 0 aromatic heterocycles. The Kier molecular flexibility index (Phi) is 4.98. The minimum atomic E-state index is -1.92. The lowest BCUT2D eigenvalue weighted by Gasteiger charge is -2.41. The predicted octanol–water partition coefficient (Wildman–Crippen LogP) is 2.06. The van der Waals surface area contributed by atoms with Gasteiger partial charge in [-0.15, -0.1) is 0 Å². The van der Waals surface area contributed by atoms with Crippen LogP contribution in [0.15, 0.2) is 12.2 Å². The van der Waals surface area contributed by atoms with E-state index in [2.05, 4.69) is 39.2 Å². The van der Waals surface area contributed by atoms with Crippen LogP contribution < -0.4 is 5.32 Å². The van der Waals surface area contributed by atoms with E-state index >= 15 is 0 Å². The summed E-state index contributed by atoms with van der Waals surface area (Å²) in [5.74, 6) is -0.108. The minimum Gasteiger partial charge on any atom is -0.411 e. The number of rotatable bonds is 4. The highest BCUT2D eigenvalue weighted by atomic mass is 28.4. The summed E-state index contributed by atoms with van der Waals surface area (Å²) in [6, 6.07) is -0.135. The van der Waals surface area contributed by atoms with Gasteiger partial charge in [0.25, 0.3) is 0 Å². The van der Waals surface area contributed by atoms with Crippen molar-refractivity contribution in [3.63, 3.8) is 0 Å². The second kappa shape index (κ2) is 5.77. The molecule has 0 spiro atoms. The molecule has 5 heteroatoms. The van der Waals surface area contributed by atoms with Crippen LogP contribution in [0.3, 0.4) is 0 Å². The molecular weight excluding hydrogens is 258 g/mol. The molecule has 0 aromatic carbocycles. The molecule has 3 atom stereocenters. The summed E-state index contributed by atoms with van der Waals surface area (Å²) < 4.78 is 6.38. The van der Waals surface area contributed by atoms with E-state index in [9.17, 15) is 9.90 Å². The highest BCUT2D eigenvalue weighted by molar-refractivity contribution is 6.74. The van der Waals surface area contributed by atoms with Crippen LogP contribution in [0.25, 0.3) is 0 Å². The molecule has 0 bridgehead atoms. The van der Waals surface area contributed by atoms with Crippen LogP contribution in [0.1, 0.15) is 27.7 Å². The van der Waals surface area contributed by atoms with Crippen LogP contribution in [0.5, 0.6) is 0 Å². The molecule has 0 saturated carbocycles. The maximum Gasteiger partial charge on any atom is 0.217 e. The smallest absolute Gasteiger partial charge is 0.217 e. The Bertz CT molecular complexity index is 360. The van der Waals surface area contributed by atoms with Gasteiger partial charge in [0, 0.05) is 12.8 Å². The fourth-order valence-electron chi connectivity index (χ4n) is 1.96. The van der Waals surface area contributed by atoms with Crippen LogP contribution >= 0.6 is 0 Å². The maximum absolute atomic E-state index is 11.3. The Labute approximate surface area is 117 Å². The second-order valence-corrected chi connectivity index (χ2v) is 11.6. The summed E-state index contributed by atoms with van der Waals surface area (Å²) in [4.78, 5) is 11.3. The van der Waals surface area contributed by atoms with Crippen molar-refractivity contribution in [2.45, 2.75) is 58.0 Å². The highest BCUT2D eigenvalue weighted by Crippen LogP contribution is 2.39. The van der Waals surface area contributed by atoms with E-state index in [1.165, 1.54) is 6.92 Å². The Hall–Kier alpha value is -0.653. The monoisotopic (exact) mass is 285 g/mol. The summed E-state index contributed by atoms with van der Waals surface area (Å²) >= 11 is 0. The van der Waals surface area contributed by atoms with Crippen molar-refractivity contribution in [1.29, 1.82) is 0 Å². The van der Waals surface area contributed by atoms with Crippen molar-refractivity contribution in [3.8, 4) is 0 Å². The van der Waals surface area contributed by atoms with Crippen LogP contribution in [-0.2, 0) is 9.22 Å². The van der Waals surface area contributed by atoms with E-state index in [4.69, 9.17) is 4.43 Å². The molecule has 0 radical (unpaired) electrons. The van der Waals surface area contributed by atoms with Gasteiger partial charge in [0.05, 0.1) is 18.8 Å². The molecule has 0 heterocycles. The SMILES string of the molecule is CC(=O)N[C@@H]1C=C[C@@H](CO)[C@@H]1O[Si](C)(C)C(C)(C)C. The van der Waals surface area contributed by atoms with Gasteiger partial charge < -0.3 is 14.8 Å². The number of aliphatic hydroxyl groups excluding tert-OH is 1. The van der Waals surface area contributed by atoms with Gasteiger partial charge in [-0.05, 0) is 18.1 Å². The third-order valence-electron chi connectivity index (χ3n) is 4.16. The largest absolute Gasteiger partial charge is 0.411 e. The van der Waals surface area contributed by atoms with Crippen molar-refractivity contribution < 1.29 is 14.3 Å². The highest BCUT2D eigenvalue weighted by Gasteiger charge is 2.43. The lowest BCUT2D eigenvalue weighted by atomic mass is 10.1. The van der Waals surface area contributed by atoms with Gasteiger partial charge in [0.1, 0.15) is 0 Å². The van der Waals surface area contributed by atoms with Crippen molar-refractivity contribution in [2.75, 3.05) is 6.61 Å². The Balaban J connectivity index is 2.85. The number of hydrogen-bond donors (Lipinski definition) is 2. The zero-order chi connectivity index (χ0) is 14.8. The Morgan fingerprint density at radius 3 is 2.37 bits per heavy atom. The number of hydrogen-bond acceptors (Lipinski definition) is 3. The third kappa shape index (κ3) is 3.90. The fraction of sp³-hybridized carbons (Fsp3) is 0.786. The van der Waals surface area contributed by atoms with E-state index in [-0.39, 0.29) is 35.6 Å². The molecule has 0 aromatic rings. The minimum absolute atomic E-state index is 0.0361. The molecule has 1 amide bonds. The molecule has 1 aliphatic carbocycles.